The molecular weight excluding hydrogens is 324 g/mol. The van der Waals surface area contributed by atoms with Gasteiger partial charge in [0.15, 0.2) is 0 Å². The first kappa shape index (κ1) is 17.3. The van der Waals surface area contributed by atoms with Gasteiger partial charge in [-0.2, -0.15) is 0 Å². The summed E-state index contributed by atoms with van der Waals surface area (Å²) in [6.45, 7) is 2.53. The van der Waals surface area contributed by atoms with Crippen LogP contribution in [-0.4, -0.2) is 26.6 Å². The molecule has 1 atom stereocenters. The SMILES string of the molecule is CC(C(=O)Nc1ccc(N2CCCCS2(=O)=O)cc1)C1CCCC1. The second kappa shape index (κ2) is 7.13. The molecule has 1 unspecified atom stereocenters. The summed E-state index contributed by atoms with van der Waals surface area (Å²) in [6.07, 6.45) is 6.34. The van der Waals surface area contributed by atoms with Gasteiger partial charge < -0.3 is 5.32 Å². The van der Waals surface area contributed by atoms with Gasteiger partial charge in [-0.05, 0) is 55.9 Å². The second-order valence-corrected chi connectivity index (χ2v) is 8.98. The third-order valence-corrected chi connectivity index (χ3v) is 7.16. The molecule has 5 nitrogen and oxygen atoms in total. The van der Waals surface area contributed by atoms with Crippen molar-refractivity contribution in [2.75, 3.05) is 21.9 Å². The van der Waals surface area contributed by atoms with Crippen LogP contribution in [0.5, 0.6) is 0 Å². The van der Waals surface area contributed by atoms with Crippen LogP contribution in [-0.2, 0) is 14.8 Å². The van der Waals surface area contributed by atoms with Gasteiger partial charge in [-0.1, -0.05) is 19.8 Å². The van der Waals surface area contributed by atoms with Crippen molar-refractivity contribution >= 4 is 27.3 Å². The molecule has 1 aliphatic heterocycles. The maximum absolute atomic E-state index is 12.4. The van der Waals surface area contributed by atoms with E-state index in [-0.39, 0.29) is 17.6 Å². The number of hydrogen-bond donors (Lipinski definition) is 1. The zero-order chi connectivity index (χ0) is 17.2. The number of nitrogens with zero attached hydrogens (tertiary/aromatic N) is 1. The van der Waals surface area contributed by atoms with Crippen molar-refractivity contribution in [3.8, 4) is 0 Å². The van der Waals surface area contributed by atoms with Crippen LogP contribution in [0.3, 0.4) is 0 Å². The Morgan fingerprint density at radius 2 is 1.79 bits per heavy atom. The highest BCUT2D eigenvalue weighted by Gasteiger charge is 2.27. The normalized spacial score (nSPS) is 22.3. The van der Waals surface area contributed by atoms with E-state index in [9.17, 15) is 13.2 Å². The maximum Gasteiger partial charge on any atom is 0.235 e. The lowest BCUT2D eigenvalue weighted by Crippen LogP contribution is -2.37. The molecule has 1 aromatic rings. The lowest BCUT2D eigenvalue weighted by atomic mass is 9.92. The zero-order valence-electron chi connectivity index (χ0n) is 14.2. The molecule has 24 heavy (non-hydrogen) atoms. The van der Waals surface area contributed by atoms with Crippen molar-refractivity contribution < 1.29 is 13.2 Å². The Hall–Kier alpha value is -1.56. The van der Waals surface area contributed by atoms with E-state index < -0.39 is 10.0 Å². The fourth-order valence-electron chi connectivity index (χ4n) is 3.72. The Morgan fingerprint density at radius 1 is 1.12 bits per heavy atom. The van der Waals surface area contributed by atoms with Gasteiger partial charge in [-0.15, -0.1) is 0 Å². The van der Waals surface area contributed by atoms with Crippen molar-refractivity contribution in [2.24, 2.45) is 11.8 Å². The number of anilines is 2. The summed E-state index contributed by atoms with van der Waals surface area (Å²) in [5.74, 6) is 0.780. The molecule has 1 N–H and O–H groups in total. The zero-order valence-corrected chi connectivity index (χ0v) is 15.0. The molecule has 1 aliphatic carbocycles. The third kappa shape index (κ3) is 3.74. The highest BCUT2D eigenvalue weighted by molar-refractivity contribution is 7.92. The van der Waals surface area contributed by atoms with Crippen LogP contribution in [0.1, 0.15) is 45.4 Å². The molecule has 2 aliphatic rings. The fourth-order valence-corrected chi connectivity index (χ4v) is 5.36. The van der Waals surface area contributed by atoms with Gasteiger partial charge >= 0.3 is 0 Å². The number of sulfonamides is 1. The van der Waals surface area contributed by atoms with E-state index in [0.717, 1.165) is 31.4 Å². The molecule has 1 amide bonds. The molecular formula is C18H26N2O3S. The van der Waals surface area contributed by atoms with Crippen LogP contribution in [0.2, 0.25) is 0 Å². The van der Waals surface area contributed by atoms with Gasteiger partial charge in [0.25, 0.3) is 0 Å². The van der Waals surface area contributed by atoms with Gasteiger partial charge in [-0.25, -0.2) is 8.42 Å². The lowest BCUT2D eigenvalue weighted by Gasteiger charge is -2.28. The molecule has 0 radical (unpaired) electrons. The predicted molar refractivity (Wildman–Crippen MR) is 96.6 cm³/mol. The molecule has 0 aromatic heterocycles. The molecule has 0 bridgehead atoms. The van der Waals surface area contributed by atoms with Crippen LogP contribution >= 0.6 is 0 Å². The van der Waals surface area contributed by atoms with Crippen LogP contribution < -0.4 is 9.62 Å². The summed E-state index contributed by atoms with van der Waals surface area (Å²) < 4.78 is 25.8. The van der Waals surface area contributed by atoms with E-state index in [1.807, 2.05) is 6.92 Å². The summed E-state index contributed by atoms with van der Waals surface area (Å²) in [6, 6.07) is 7.13. The molecule has 1 saturated carbocycles. The summed E-state index contributed by atoms with van der Waals surface area (Å²) in [4.78, 5) is 12.4. The summed E-state index contributed by atoms with van der Waals surface area (Å²) >= 11 is 0. The van der Waals surface area contributed by atoms with E-state index >= 15 is 0 Å². The monoisotopic (exact) mass is 350 g/mol. The quantitative estimate of drug-likeness (QED) is 0.905. The molecule has 6 heteroatoms. The Balaban J connectivity index is 1.65. The van der Waals surface area contributed by atoms with Gasteiger partial charge in [0.05, 0.1) is 11.4 Å². The minimum absolute atomic E-state index is 0.0228. The fraction of sp³-hybridized carbons (Fsp3) is 0.611. The number of carbonyl (C=O) groups excluding carboxylic acids is 1. The van der Waals surface area contributed by atoms with Crippen LogP contribution in [0, 0.1) is 11.8 Å². The van der Waals surface area contributed by atoms with Crippen molar-refractivity contribution in [2.45, 2.75) is 45.4 Å². The van der Waals surface area contributed by atoms with Gasteiger partial charge in [0, 0.05) is 18.2 Å². The number of carbonyl (C=O) groups is 1. The molecule has 132 valence electrons. The van der Waals surface area contributed by atoms with E-state index in [0.29, 0.717) is 18.2 Å². The highest BCUT2D eigenvalue weighted by Crippen LogP contribution is 2.32. The minimum atomic E-state index is -3.19. The van der Waals surface area contributed by atoms with Crippen molar-refractivity contribution in [1.82, 2.24) is 0 Å². The Bertz CT molecular complexity index is 679. The Kier molecular flexibility index (Phi) is 5.13. The van der Waals surface area contributed by atoms with E-state index in [1.165, 1.54) is 17.1 Å². The topological polar surface area (TPSA) is 66.5 Å². The van der Waals surface area contributed by atoms with E-state index in [1.54, 1.807) is 24.3 Å². The first-order chi connectivity index (χ1) is 11.5. The smallest absolute Gasteiger partial charge is 0.235 e. The summed E-state index contributed by atoms with van der Waals surface area (Å²) in [5.41, 5.74) is 1.40. The summed E-state index contributed by atoms with van der Waals surface area (Å²) in [5, 5.41) is 2.96. The van der Waals surface area contributed by atoms with Gasteiger partial charge in [0.1, 0.15) is 0 Å². The average Bonchev–Trinajstić information content (AvgIpc) is 3.09. The largest absolute Gasteiger partial charge is 0.326 e. The standard InChI is InChI=1S/C18H26N2O3S/c1-14(15-6-2-3-7-15)18(21)19-16-8-10-17(11-9-16)20-12-4-5-13-24(20,22)23/h8-11,14-15H,2-7,12-13H2,1H3,(H,19,21). The molecule has 1 heterocycles. The van der Waals surface area contributed by atoms with Crippen molar-refractivity contribution in [3.05, 3.63) is 24.3 Å². The first-order valence-corrected chi connectivity index (χ1v) is 10.5. The predicted octanol–water partition coefficient (Wildman–Crippen LogP) is 3.38. The molecule has 3 rings (SSSR count). The van der Waals surface area contributed by atoms with Crippen molar-refractivity contribution in [3.63, 3.8) is 0 Å². The highest BCUT2D eigenvalue weighted by atomic mass is 32.2. The van der Waals surface area contributed by atoms with E-state index in [4.69, 9.17) is 0 Å². The Morgan fingerprint density at radius 3 is 2.42 bits per heavy atom. The van der Waals surface area contributed by atoms with Crippen LogP contribution in [0.25, 0.3) is 0 Å². The third-order valence-electron chi connectivity index (χ3n) is 5.29. The molecule has 1 saturated heterocycles. The average molecular weight is 350 g/mol. The molecule has 1 aromatic carbocycles. The first-order valence-electron chi connectivity index (χ1n) is 8.89. The van der Waals surface area contributed by atoms with Crippen LogP contribution in [0.15, 0.2) is 24.3 Å². The van der Waals surface area contributed by atoms with E-state index in [2.05, 4.69) is 5.32 Å². The lowest BCUT2D eigenvalue weighted by molar-refractivity contribution is -0.120. The maximum atomic E-state index is 12.4. The number of amides is 1. The van der Waals surface area contributed by atoms with Gasteiger partial charge in [0.2, 0.25) is 15.9 Å². The van der Waals surface area contributed by atoms with Crippen molar-refractivity contribution in [1.29, 1.82) is 0 Å². The minimum Gasteiger partial charge on any atom is -0.326 e. The van der Waals surface area contributed by atoms with Gasteiger partial charge in [-0.3, -0.25) is 9.10 Å². The number of hydrogen-bond acceptors (Lipinski definition) is 3. The second-order valence-electron chi connectivity index (χ2n) is 6.96. The summed E-state index contributed by atoms with van der Waals surface area (Å²) in [7, 11) is -3.19. The molecule has 2 fully saturated rings. The Labute approximate surface area is 144 Å². The molecule has 0 spiro atoms. The number of nitrogens with one attached hydrogen (secondary N) is 1. The van der Waals surface area contributed by atoms with Crippen LogP contribution in [0.4, 0.5) is 11.4 Å². The number of rotatable bonds is 4. The number of benzene rings is 1.